The van der Waals surface area contributed by atoms with E-state index in [-0.39, 0.29) is 12.1 Å². The Morgan fingerprint density at radius 1 is 1.56 bits per heavy atom. The fourth-order valence-corrected chi connectivity index (χ4v) is 2.07. The van der Waals surface area contributed by atoms with E-state index in [4.69, 9.17) is 4.74 Å². The van der Waals surface area contributed by atoms with Crippen molar-refractivity contribution in [3.63, 3.8) is 0 Å². The van der Waals surface area contributed by atoms with E-state index in [2.05, 4.69) is 29.9 Å². The topological polar surface area (TPSA) is 35.5 Å². The predicted molar refractivity (Wildman–Crippen MR) is 60.2 cm³/mol. The number of rotatable bonds is 2. The molecule has 1 aromatic rings. The molecule has 3 nitrogen and oxygen atoms in total. The second kappa shape index (κ2) is 4.66. The smallest absolute Gasteiger partial charge is 0.308 e. The van der Waals surface area contributed by atoms with Crippen molar-refractivity contribution in [2.24, 2.45) is 0 Å². The second-order valence-corrected chi connectivity index (χ2v) is 4.09. The molecule has 1 aromatic carbocycles. The molecule has 0 fully saturated rings. The lowest BCUT2D eigenvalue weighted by Crippen LogP contribution is -2.19. The number of ether oxygens (including phenoxy) is 2. The van der Waals surface area contributed by atoms with Crippen LogP contribution in [-0.4, -0.2) is 19.7 Å². The number of carbonyl (C=O) groups is 1. The minimum absolute atomic E-state index is 0.142. The molecule has 0 aromatic heterocycles. The summed E-state index contributed by atoms with van der Waals surface area (Å²) >= 11 is 0. The number of benzene rings is 1. The molecular formula is C13H16O3. The van der Waals surface area contributed by atoms with Gasteiger partial charge in [0, 0.05) is 0 Å². The first-order valence-electron chi connectivity index (χ1n) is 5.48. The highest BCUT2D eigenvalue weighted by Gasteiger charge is 2.23. The maximum atomic E-state index is 11.3. The minimum Gasteiger partial charge on any atom is -0.469 e. The summed E-state index contributed by atoms with van der Waals surface area (Å²) in [5, 5.41) is 0. The second-order valence-electron chi connectivity index (χ2n) is 4.09. The van der Waals surface area contributed by atoms with Crippen molar-refractivity contribution < 1.29 is 14.3 Å². The number of aryl methyl sites for hydroxylation is 1. The van der Waals surface area contributed by atoms with Crippen molar-refractivity contribution in [2.45, 2.75) is 25.9 Å². The quantitative estimate of drug-likeness (QED) is 0.716. The van der Waals surface area contributed by atoms with Crippen molar-refractivity contribution in [3.05, 3.63) is 34.9 Å². The highest BCUT2D eigenvalue weighted by molar-refractivity contribution is 5.70. The lowest BCUT2D eigenvalue weighted by molar-refractivity contribution is -0.144. The van der Waals surface area contributed by atoms with Crippen molar-refractivity contribution in [2.75, 3.05) is 13.7 Å². The van der Waals surface area contributed by atoms with Crippen molar-refractivity contribution in [1.29, 1.82) is 0 Å². The average Bonchev–Trinajstić information content (AvgIpc) is 2.28. The van der Waals surface area contributed by atoms with E-state index in [1.807, 2.05) is 0 Å². The summed E-state index contributed by atoms with van der Waals surface area (Å²) in [6.45, 7) is 2.75. The number of hydrogen-bond donors (Lipinski definition) is 0. The number of fused-ring (bicyclic) bond motifs is 1. The zero-order chi connectivity index (χ0) is 11.5. The lowest BCUT2D eigenvalue weighted by atomic mass is 9.94. The first-order valence-corrected chi connectivity index (χ1v) is 5.48. The summed E-state index contributed by atoms with van der Waals surface area (Å²) in [6.07, 6.45) is 1.08. The molecule has 86 valence electrons. The minimum atomic E-state index is -0.224. The van der Waals surface area contributed by atoms with Gasteiger partial charge in [0.1, 0.15) is 0 Å². The molecule has 0 spiro atoms. The van der Waals surface area contributed by atoms with Crippen molar-refractivity contribution in [1.82, 2.24) is 0 Å². The van der Waals surface area contributed by atoms with Crippen molar-refractivity contribution >= 4 is 5.97 Å². The monoisotopic (exact) mass is 220 g/mol. The van der Waals surface area contributed by atoms with Gasteiger partial charge in [0.05, 0.1) is 26.2 Å². The Morgan fingerprint density at radius 3 is 3.12 bits per heavy atom. The first-order chi connectivity index (χ1) is 7.70. The Labute approximate surface area is 95.4 Å². The van der Waals surface area contributed by atoms with Gasteiger partial charge in [-0.1, -0.05) is 23.8 Å². The fraction of sp³-hybridized carbons (Fsp3) is 0.462. The molecule has 1 atom stereocenters. The summed E-state index contributed by atoms with van der Waals surface area (Å²) in [5.74, 6) is -0.224. The summed E-state index contributed by atoms with van der Waals surface area (Å²) in [5.41, 5.74) is 3.67. The van der Waals surface area contributed by atoms with Gasteiger partial charge < -0.3 is 9.47 Å². The summed E-state index contributed by atoms with van der Waals surface area (Å²) < 4.78 is 10.3. The average molecular weight is 220 g/mol. The summed E-state index contributed by atoms with van der Waals surface area (Å²) in [7, 11) is 1.40. The van der Waals surface area contributed by atoms with Gasteiger partial charge in [0.15, 0.2) is 0 Å². The molecule has 0 unspecified atom stereocenters. The Bertz CT molecular complexity index is 398. The SMILES string of the molecule is COC(=O)C[C@@H]1OCCc2cc(C)ccc21. The zero-order valence-electron chi connectivity index (χ0n) is 9.66. The highest BCUT2D eigenvalue weighted by Crippen LogP contribution is 2.30. The lowest BCUT2D eigenvalue weighted by Gasteiger charge is -2.25. The third kappa shape index (κ3) is 2.25. The van der Waals surface area contributed by atoms with E-state index in [9.17, 15) is 4.79 Å². The largest absolute Gasteiger partial charge is 0.469 e. The normalized spacial score (nSPS) is 19.0. The Morgan fingerprint density at radius 2 is 2.38 bits per heavy atom. The van der Waals surface area contributed by atoms with E-state index < -0.39 is 0 Å². The molecule has 3 heteroatoms. The summed E-state index contributed by atoms with van der Waals surface area (Å²) in [6, 6.07) is 6.28. The molecule has 0 saturated carbocycles. The van der Waals surface area contributed by atoms with Gasteiger partial charge in [-0.25, -0.2) is 0 Å². The van der Waals surface area contributed by atoms with E-state index in [1.54, 1.807) is 0 Å². The van der Waals surface area contributed by atoms with Gasteiger partial charge in [0.25, 0.3) is 0 Å². The summed E-state index contributed by atoms with van der Waals surface area (Å²) in [4.78, 5) is 11.3. The first kappa shape index (κ1) is 11.1. The number of methoxy groups -OCH3 is 1. The molecule has 1 aliphatic rings. The molecule has 0 radical (unpaired) electrons. The molecule has 2 rings (SSSR count). The van der Waals surface area contributed by atoms with Gasteiger partial charge in [0.2, 0.25) is 0 Å². The standard InChI is InChI=1S/C13H16O3/c1-9-3-4-11-10(7-9)5-6-16-12(11)8-13(14)15-2/h3-4,7,12H,5-6,8H2,1-2H3/t12-/m0/s1. The van der Waals surface area contributed by atoms with Crippen LogP contribution in [0.1, 0.15) is 29.2 Å². The van der Waals surface area contributed by atoms with Crippen LogP contribution in [0.5, 0.6) is 0 Å². The number of carbonyl (C=O) groups excluding carboxylic acids is 1. The van der Waals surface area contributed by atoms with Crippen LogP contribution in [0.2, 0.25) is 0 Å². The Kier molecular flexibility index (Phi) is 3.25. The van der Waals surface area contributed by atoms with Crippen LogP contribution in [0.4, 0.5) is 0 Å². The number of hydrogen-bond acceptors (Lipinski definition) is 3. The molecular weight excluding hydrogens is 204 g/mol. The maximum Gasteiger partial charge on any atom is 0.308 e. The molecule has 0 N–H and O–H groups in total. The van der Waals surface area contributed by atoms with E-state index in [1.165, 1.54) is 18.2 Å². The molecule has 0 bridgehead atoms. The maximum absolute atomic E-state index is 11.3. The Hall–Kier alpha value is -1.35. The van der Waals surface area contributed by atoms with Gasteiger partial charge in [-0.2, -0.15) is 0 Å². The van der Waals surface area contributed by atoms with Gasteiger partial charge >= 0.3 is 5.97 Å². The van der Waals surface area contributed by atoms with Crippen molar-refractivity contribution in [3.8, 4) is 0 Å². The van der Waals surface area contributed by atoms with Gasteiger partial charge in [-0.3, -0.25) is 4.79 Å². The molecule has 16 heavy (non-hydrogen) atoms. The predicted octanol–water partition coefficient (Wildman–Crippen LogP) is 2.17. The molecule has 1 heterocycles. The fourth-order valence-electron chi connectivity index (χ4n) is 2.07. The van der Waals surface area contributed by atoms with E-state index in [0.717, 1.165) is 12.0 Å². The molecule has 0 amide bonds. The van der Waals surface area contributed by atoms with Gasteiger partial charge in [-0.05, 0) is 24.5 Å². The third-order valence-corrected chi connectivity index (χ3v) is 2.92. The van der Waals surface area contributed by atoms with E-state index in [0.29, 0.717) is 13.0 Å². The van der Waals surface area contributed by atoms with Gasteiger partial charge in [-0.15, -0.1) is 0 Å². The number of esters is 1. The van der Waals surface area contributed by atoms with E-state index >= 15 is 0 Å². The van der Waals surface area contributed by atoms with Crippen LogP contribution in [0.25, 0.3) is 0 Å². The van der Waals surface area contributed by atoms with Crippen LogP contribution in [0, 0.1) is 6.92 Å². The Balaban J connectivity index is 2.23. The molecule has 1 aliphatic heterocycles. The van der Waals surface area contributed by atoms with Crippen LogP contribution < -0.4 is 0 Å². The van der Waals surface area contributed by atoms with Crippen LogP contribution in [0.15, 0.2) is 18.2 Å². The van der Waals surface area contributed by atoms with Crippen LogP contribution in [0.3, 0.4) is 0 Å². The molecule has 0 aliphatic carbocycles. The van der Waals surface area contributed by atoms with Crippen LogP contribution in [-0.2, 0) is 20.7 Å². The highest BCUT2D eigenvalue weighted by atomic mass is 16.5. The molecule has 0 saturated heterocycles. The van der Waals surface area contributed by atoms with Crippen LogP contribution >= 0.6 is 0 Å². The zero-order valence-corrected chi connectivity index (χ0v) is 9.66. The third-order valence-electron chi connectivity index (χ3n) is 2.92.